The van der Waals surface area contributed by atoms with Gasteiger partial charge in [-0.3, -0.25) is 0 Å². The van der Waals surface area contributed by atoms with Crippen LogP contribution in [-0.2, 0) is 20.4 Å². The third-order valence-electron chi connectivity index (χ3n) is 11.7. The third kappa shape index (κ3) is 7.30. The SMILES string of the molecule is Cc1ccc(C2=Cc3c(cc(C)c(C(C)C)c3-c3ccccc3)[CH]2[Zr]([CH]2C(c3ccc(C)o3)=Cc3c2cc(C)c(C(C)C)c3-c2ccccc2)=[Si](C)C)o1.Cl.Cl. The molecule has 2 aliphatic rings. The Morgan fingerprint density at radius 3 is 1.21 bits per heavy atom. The standard InChI is InChI=1S/2C24H23O.C2H6Si.2ClH.Zr/c2*1-15(2)23-16(3)12-19-13-20(22-11-10-17(4)25-22)14-21(19)24(23)18-8-6-5-7-9-18;1-3-2;;;/h2*5-15H,1-4H3;1-2H3;2*1H;. The van der Waals surface area contributed by atoms with Gasteiger partial charge in [0.1, 0.15) is 0 Å². The summed E-state index contributed by atoms with van der Waals surface area (Å²) in [6.45, 7) is 23.5. The first-order chi connectivity index (χ1) is 25.9. The minimum atomic E-state index is -2.71. The normalized spacial score (nSPS) is 15.6. The quantitative estimate of drug-likeness (QED) is 0.142. The fraction of sp³-hybridized carbons (Fsp3) is 0.280. The Balaban J connectivity index is 0.00000266. The maximum absolute atomic E-state index is 6.64. The molecule has 56 heavy (non-hydrogen) atoms. The summed E-state index contributed by atoms with van der Waals surface area (Å²) in [4.78, 5) is 0. The van der Waals surface area contributed by atoms with Crippen LogP contribution in [-0.4, -0.2) is 5.43 Å². The molecule has 6 aromatic rings. The van der Waals surface area contributed by atoms with Crippen LogP contribution in [0.2, 0.25) is 13.1 Å². The van der Waals surface area contributed by atoms with E-state index in [1.165, 1.54) is 77.9 Å². The molecule has 8 rings (SSSR count). The minimum Gasteiger partial charge on any atom is -0.147 e. The van der Waals surface area contributed by atoms with E-state index in [0.29, 0.717) is 19.1 Å². The molecule has 0 radical (unpaired) electrons. The molecule has 0 spiro atoms. The van der Waals surface area contributed by atoms with Gasteiger partial charge in [-0.2, -0.15) is 0 Å². The summed E-state index contributed by atoms with van der Waals surface area (Å²) in [5, 5.41) is 0. The van der Waals surface area contributed by atoms with Crippen LogP contribution in [0.4, 0.5) is 0 Å². The first kappa shape index (κ1) is 42.2. The smallest absolute Gasteiger partial charge is 0.147 e. The van der Waals surface area contributed by atoms with Gasteiger partial charge in [-0.1, -0.05) is 0 Å². The van der Waals surface area contributed by atoms with Gasteiger partial charge in [0.2, 0.25) is 0 Å². The van der Waals surface area contributed by atoms with Crippen LogP contribution in [0, 0.1) is 27.7 Å². The molecule has 6 heteroatoms. The van der Waals surface area contributed by atoms with Gasteiger partial charge in [-0.05, 0) is 0 Å². The molecular formula is C50H54Cl2O2SiZr. The van der Waals surface area contributed by atoms with E-state index >= 15 is 0 Å². The summed E-state index contributed by atoms with van der Waals surface area (Å²) >= 11 is -2.71. The molecule has 0 bridgehead atoms. The van der Waals surface area contributed by atoms with Crippen LogP contribution >= 0.6 is 24.8 Å². The van der Waals surface area contributed by atoms with Gasteiger partial charge in [0, 0.05) is 0 Å². The molecule has 0 amide bonds. The average Bonchev–Trinajstić information content (AvgIpc) is 3.94. The Morgan fingerprint density at radius 2 is 0.911 bits per heavy atom. The fourth-order valence-corrected chi connectivity index (χ4v) is 29.4. The number of hydrogen-bond acceptors (Lipinski definition) is 2. The number of hydrogen-bond donors (Lipinski definition) is 0. The van der Waals surface area contributed by atoms with Crippen molar-refractivity contribution in [2.24, 2.45) is 0 Å². The molecule has 2 aliphatic carbocycles. The Morgan fingerprint density at radius 1 is 0.536 bits per heavy atom. The zero-order chi connectivity index (χ0) is 38.0. The second-order valence-electron chi connectivity index (χ2n) is 16.4. The summed E-state index contributed by atoms with van der Waals surface area (Å²) in [7, 11) is 0. The molecule has 288 valence electrons. The van der Waals surface area contributed by atoms with Gasteiger partial charge in [0.05, 0.1) is 0 Å². The molecule has 2 unspecified atom stereocenters. The van der Waals surface area contributed by atoms with Gasteiger partial charge < -0.3 is 0 Å². The van der Waals surface area contributed by atoms with Gasteiger partial charge in [-0.25, -0.2) is 0 Å². The van der Waals surface area contributed by atoms with Gasteiger partial charge >= 0.3 is 332 Å². The van der Waals surface area contributed by atoms with Crippen molar-refractivity contribution < 1.29 is 29.2 Å². The second kappa shape index (κ2) is 16.8. The Labute approximate surface area is 354 Å². The number of halogens is 2. The van der Waals surface area contributed by atoms with Gasteiger partial charge in [0.25, 0.3) is 0 Å². The molecule has 0 saturated carbocycles. The van der Waals surface area contributed by atoms with E-state index in [-0.39, 0.29) is 24.8 Å². The molecule has 4 aromatic carbocycles. The topological polar surface area (TPSA) is 26.3 Å². The third-order valence-corrected chi connectivity index (χ3v) is 30.9. The molecule has 2 atom stereocenters. The first-order valence-corrected chi connectivity index (χ1v) is 28.7. The average molecular weight is 877 g/mol. The predicted molar refractivity (Wildman–Crippen MR) is 241 cm³/mol. The number of furan rings is 2. The largest absolute Gasteiger partial charge is 0.147 e. The zero-order valence-electron chi connectivity index (χ0n) is 34.3. The summed E-state index contributed by atoms with van der Waals surface area (Å²) < 4.78 is 13.9. The Kier molecular flexibility index (Phi) is 12.7. The summed E-state index contributed by atoms with van der Waals surface area (Å²) in [5.74, 6) is 4.80. The van der Waals surface area contributed by atoms with E-state index in [4.69, 9.17) is 8.83 Å². The number of fused-ring (bicyclic) bond motifs is 2. The van der Waals surface area contributed by atoms with Crippen molar-refractivity contribution in [1.29, 1.82) is 0 Å². The molecule has 2 heterocycles. The molecule has 0 saturated heterocycles. The van der Waals surface area contributed by atoms with Crippen molar-refractivity contribution in [1.82, 2.24) is 0 Å². The van der Waals surface area contributed by atoms with Crippen LogP contribution in [0.15, 0.2) is 106 Å². The first-order valence-electron chi connectivity index (χ1n) is 19.6. The molecule has 2 aromatic heterocycles. The van der Waals surface area contributed by atoms with E-state index in [0.717, 1.165) is 23.0 Å². The van der Waals surface area contributed by atoms with E-state index < -0.39 is 25.8 Å². The summed E-state index contributed by atoms with van der Waals surface area (Å²) in [6, 6.07) is 36.2. The van der Waals surface area contributed by atoms with E-state index in [1.807, 2.05) is 0 Å². The second-order valence-corrected chi connectivity index (χ2v) is 34.2. The predicted octanol–water partition coefficient (Wildman–Crippen LogP) is 15.3. The number of allylic oxidation sites excluding steroid dienone is 2. The summed E-state index contributed by atoms with van der Waals surface area (Å²) in [6.07, 6.45) is 5.10. The zero-order valence-corrected chi connectivity index (χ0v) is 39.4. The summed E-state index contributed by atoms with van der Waals surface area (Å²) in [5.41, 5.74) is 18.9. The number of aryl methyl sites for hydroxylation is 4. The molecule has 0 fully saturated rings. The maximum Gasteiger partial charge on any atom is -0.147 e. The number of benzene rings is 4. The Bertz CT molecular complexity index is 2340. The van der Waals surface area contributed by atoms with E-state index in [2.05, 4.69) is 178 Å². The number of rotatable bonds is 8. The molecule has 0 N–H and O–H groups in total. The van der Waals surface area contributed by atoms with Crippen LogP contribution < -0.4 is 0 Å². The molecule has 0 aliphatic heterocycles. The monoisotopic (exact) mass is 874 g/mol. The van der Waals surface area contributed by atoms with Crippen molar-refractivity contribution in [2.75, 3.05) is 0 Å². The van der Waals surface area contributed by atoms with Crippen molar-refractivity contribution in [3.05, 3.63) is 165 Å². The molecule has 2 nitrogen and oxygen atoms in total. The van der Waals surface area contributed by atoms with Crippen molar-refractivity contribution in [3.8, 4) is 22.3 Å². The Hall–Kier alpha value is -3.40. The maximum atomic E-state index is 6.64. The van der Waals surface area contributed by atoms with Crippen LogP contribution in [0.25, 0.3) is 45.6 Å². The van der Waals surface area contributed by atoms with Crippen molar-refractivity contribution in [3.63, 3.8) is 0 Å². The van der Waals surface area contributed by atoms with Crippen LogP contribution in [0.3, 0.4) is 0 Å². The van der Waals surface area contributed by atoms with Gasteiger partial charge in [-0.15, -0.1) is 24.8 Å². The van der Waals surface area contributed by atoms with E-state index in [1.54, 1.807) is 0 Å². The van der Waals surface area contributed by atoms with Crippen molar-refractivity contribution >= 4 is 53.5 Å². The van der Waals surface area contributed by atoms with Crippen LogP contribution in [0.5, 0.6) is 0 Å². The van der Waals surface area contributed by atoms with Crippen molar-refractivity contribution in [2.45, 2.75) is 87.6 Å². The molecular weight excluding hydrogens is 823 g/mol. The van der Waals surface area contributed by atoms with E-state index in [9.17, 15) is 0 Å². The minimum absolute atomic E-state index is 0. The van der Waals surface area contributed by atoms with Gasteiger partial charge in [0.15, 0.2) is 0 Å². The van der Waals surface area contributed by atoms with Crippen LogP contribution in [0.1, 0.15) is 114 Å². The fourth-order valence-electron chi connectivity index (χ4n) is 9.69.